The molecule has 0 aromatic carbocycles. The van der Waals surface area contributed by atoms with E-state index in [0.29, 0.717) is 30.6 Å². The SMILES string of the molecule is Cn1cnc2c1c(=O)n(CC1(C)CCC(C)(O)CC1)c(=O)n2C. The average molecular weight is 320 g/mol. The van der Waals surface area contributed by atoms with Gasteiger partial charge >= 0.3 is 5.69 Å². The van der Waals surface area contributed by atoms with Crippen molar-refractivity contribution in [1.82, 2.24) is 18.7 Å². The Morgan fingerprint density at radius 1 is 1.17 bits per heavy atom. The molecule has 1 fully saturated rings. The highest BCUT2D eigenvalue weighted by atomic mass is 16.3. The molecule has 0 atom stereocenters. The zero-order valence-corrected chi connectivity index (χ0v) is 14.2. The van der Waals surface area contributed by atoms with E-state index in [0.717, 1.165) is 12.8 Å². The third-order valence-corrected chi connectivity index (χ3v) is 5.28. The number of hydrogen-bond donors (Lipinski definition) is 1. The number of hydrogen-bond acceptors (Lipinski definition) is 4. The lowest BCUT2D eigenvalue weighted by Gasteiger charge is -2.40. The monoisotopic (exact) mass is 320 g/mol. The molecule has 7 nitrogen and oxygen atoms in total. The number of aromatic nitrogens is 4. The molecule has 0 spiro atoms. The predicted molar refractivity (Wildman–Crippen MR) is 87.4 cm³/mol. The highest BCUT2D eigenvalue weighted by molar-refractivity contribution is 5.69. The van der Waals surface area contributed by atoms with Gasteiger partial charge in [-0.05, 0) is 38.0 Å². The fourth-order valence-electron chi connectivity index (χ4n) is 3.47. The van der Waals surface area contributed by atoms with E-state index in [4.69, 9.17) is 0 Å². The topological polar surface area (TPSA) is 82.1 Å². The van der Waals surface area contributed by atoms with Crippen molar-refractivity contribution in [1.29, 1.82) is 0 Å². The molecule has 1 N–H and O–H groups in total. The zero-order chi connectivity index (χ0) is 17.0. The smallest absolute Gasteiger partial charge is 0.332 e. The number of fused-ring (bicyclic) bond motifs is 1. The molecule has 1 aliphatic carbocycles. The predicted octanol–water partition coefficient (Wildman–Crippen LogP) is 0.765. The van der Waals surface area contributed by atoms with Crippen molar-refractivity contribution in [3.8, 4) is 0 Å². The maximum absolute atomic E-state index is 12.8. The summed E-state index contributed by atoms with van der Waals surface area (Å²) < 4.78 is 4.41. The second kappa shape index (κ2) is 5.06. The van der Waals surface area contributed by atoms with Gasteiger partial charge in [0.1, 0.15) is 0 Å². The number of rotatable bonds is 2. The standard InChI is InChI=1S/C16H24N4O3/c1-15(5-7-16(2,23)8-6-15)9-20-13(21)11-12(17-10-18(11)3)19(4)14(20)22/h10,23H,5-9H2,1-4H3. The van der Waals surface area contributed by atoms with Crippen LogP contribution in [0.5, 0.6) is 0 Å². The van der Waals surface area contributed by atoms with Gasteiger partial charge in [0.25, 0.3) is 5.56 Å². The van der Waals surface area contributed by atoms with E-state index >= 15 is 0 Å². The summed E-state index contributed by atoms with van der Waals surface area (Å²) in [5.74, 6) is 0. The molecular weight excluding hydrogens is 296 g/mol. The third-order valence-electron chi connectivity index (χ3n) is 5.28. The summed E-state index contributed by atoms with van der Waals surface area (Å²) in [7, 11) is 3.40. The van der Waals surface area contributed by atoms with Gasteiger partial charge in [-0.1, -0.05) is 6.92 Å². The largest absolute Gasteiger partial charge is 0.390 e. The van der Waals surface area contributed by atoms with Crippen LogP contribution in [0, 0.1) is 5.41 Å². The summed E-state index contributed by atoms with van der Waals surface area (Å²) >= 11 is 0. The van der Waals surface area contributed by atoms with Crippen molar-refractivity contribution in [2.75, 3.05) is 0 Å². The summed E-state index contributed by atoms with van der Waals surface area (Å²) in [6.07, 6.45) is 4.51. The summed E-state index contributed by atoms with van der Waals surface area (Å²) in [6.45, 7) is 4.30. The van der Waals surface area contributed by atoms with Crippen molar-refractivity contribution >= 4 is 11.2 Å². The molecule has 2 aromatic heterocycles. The zero-order valence-electron chi connectivity index (χ0n) is 14.2. The van der Waals surface area contributed by atoms with Crippen molar-refractivity contribution in [3.05, 3.63) is 27.2 Å². The summed E-state index contributed by atoms with van der Waals surface area (Å²) in [6, 6.07) is 0. The van der Waals surface area contributed by atoms with Gasteiger partial charge in [-0.15, -0.1) is 0 Å². The maximum Gasteiger partial charge on any atom is 0.332 e. The van der Waals surface area contributed by atoms with Crippen LogP contribution in [0.4, 0.5) is 0 Å². The molecular formula is C16H24N4O3. The number of nitrogens with zero attached hydrogens (tertiary/aromatic N) is 4. The van der Waals surface area contributed by atoms with E-state index in [2.05, 4.69) is 11.9 Å². The van der Waals surface area contributed by atoms with E-state index in [1.807, 2.05) is 6.92 Å². The Kier molecular flexibility index (Phi) is 3.51. The van der Waals surface area contributed by atoms with Crippen LogP contribution in [0.15, 0.2) is 15.9 Å². The highest BCUT2D eigenvalue weighted by Crippen LogP contribution is 2.41. The van der Waals surface area contributed by atoms with Gasteiger partial charge in [-0.2, -0.15) is 0 Å². The number of imidazole rings is 1. The number of aryl methyl sites for hydroxylation is 2. The van der Waals surface area contributed by atoms with Crippen LogP contribution in [0.1, 0.15) is 39.5 Å². The summed E-state index contributed by atoms with van der Waals surface area (Å²) in [5.41, 5.74) is -0.568. The van der Waals surface area contributed by atoms with E-state index in [-0.39, 0.29) is 16.7 Å². The lowest BCUT2D eigenvalue weighted by Crippen LogP contribution is -2.45. The second-order valence-corrected chi connectivity index (χ2v) is 7.57. The van der Waals surface area contributed by atoms with Crippen LogP contribution < -0.4 is 11.2 Å². The van der Waals surface area contributed by atoms with Gasteiger partial charge in [0.15, 0.2) is 11.2 Å². The van der Waals surface area contributed by atoms with Crippen molar-refractivity contribution in [2.45, 2.75) is 51.7 Å². The Morgan fingerprint density at radius 2 is 1.78 bits per heavy atom. The molecule has 0 unspecified atom stereocenters. The van der Waals surface area contributed by atoms with Crippen LogP contribution in [0.2, 0.25) is 0 Å². The molecule has 2 aromatic rings. The fraction of sp³-hybridized carbons (Fsp3) is 0.688. The second-order valence-electron chi connectivity index (χ2n) is 7.57. The molecule has 0 bridgehead atoms. The Morgan fingerprint density at radius 3 is 2.39 bits per heavy atom. The van der Waals surface area contributed by atoms with Crippen LogP contribution >= 0.6 is 0 Å². The van der Waals surface area contributed by atoms with Gasteiger partial charge in [0.05, 0.1) is 11.9 Å². The van der Waals surface area contributed by atoms with Gasteiger partial charge in [-0.25, -0.2) is 9.78 Å². The van der Waals surface area contributed by atoms with Gasteiger partial charge in [0, 0.05) is 20.6 Å². The summed E-state index contributed by atoms with van der Waals surface area (Å²) in [4.78, 5) is 29.5. The Hall–Kier alpha value is -1.89. The minimum atomic E-state index is -0.637. The first-order valence-corrected chi connectivity index (χ1v) is 7.97. The van der Waals surface area contributed by atoms with Crippen LogP contribution in [-0.2, 0) is 20.6 Å². The maximum atomic E-state index is 12.8. The molecule has 0 saturated heterocycles. The first-order valence-electron chi connectivity index (χ1n) is 7.97. The minimum absolute atomic E-state index is 0.162. The molecule has 23 heavy (non-hydrogen) atoms. The normalized spacial score (nSPS) is 28.4. The minimum Gasteiger partial charge on any atom is -0.390 e. The van der Waals surface area contributed by atoms with Crippen molar-refractivity contribution < 1.29 is 5.11 Å². The fourth-order valence-corrected chi connectivity index (χ4v) is 3.47. The van der Waals surface area contributed by atoms with Crippen LogP contribution in [-0.4, -0.2) is 29.4 Å². The Labute approximate surface area is 134 Å². The lowest BCUT2D eigenvalue weighted by atomic mass is 9.70. The molecule has 7 heteroatoms. The molecule has 1 saturated carbocycles. The number of aliphatic hydroxyl groups is 1. The van der Waals surface area contributed by atoms with Crippen molar-refractivity contribution in [3.63, 3.8) is 0 Å². The molecule has 2 heterocycles. The van der Waals surface area contributed by atoms with Crippen LogP contribution in [0.25, 0.3) is 11.2 Å². The van der Waals surface area contributed by atoms with Crippen molar-refractivity contribution in [2.24, 2.45) is 19.5 Å². The Bertz CT molecular complexity index is 862. The average Bonchev–Trinajstić information content (AvgIpc) is 2.87. The van der Waals surface area contributed by atoms with Gasteiger partial charge in [-0.3, -0.25) is 13.9 Å². The molecule has 0 amide bonds. The Balaban J connectivity index is 2.06. The van der Waals surface area contributed by atoms with Gasteiger partial charge in [0.2, 0.25) is 0 Å². The first-order chi connectivity index (χ1) is 10.6. The van der Waals surface area contributed by atoms with Crippen LogP contribution in [0.3, 0.4) is 0 Å². The molecule has 0 aliphatic heterocycles. The third kappa shape index (κ3) is 2.63. The molecule has 1 aliphatic rings. The van der Waals surface area contributed by atoms with Gasteiger partial charge < -0.3 is 9.67 Å². The lowest BCUT2D eigenvalue weighted by molar-refractivity contribution is -0.0196. The van der Waals surface area contributed by atoms with E-state index in [1.165, 1.54) is 9.13 Å². The van der Waals surface area contributed by atoms with E-state index in [1.54, 1.807) is 25.0 Å². The summed E-state index contributed by atoms with van der Waals surface area (Å²) in [5, 5.41) is 10.1. The molecule has 3 rings (SSSR count). The first kappa shape index (κ1) is 16.0. The quantitative estimate of drug-likeness (QED) is 0.886. The molecule has 0 radical (unpaired) electrons. The van der Waals surface area contributed by atoms with E-state index < -0.39 is 5.60 Å². The highest BCUT2D eigenvalue weighted by Gasteiger charge is 2.37. The van der Waals surface area contributed by atoms with E-state index in [9.17, 15) is 14.7 Å². The molecule has 126 valence electrons.